The number of hydrogen-bond acceptors (Lipinski definition) is 5. The molecule has 0 aliphatic carbocycles. The van der Waals surface area contributed by atoms with Crippen LogP contribution in [0.15, 0.2) is 63.6 Å². The van der Waals surface area contributed by atoms with Crippen LogP contribution in [-0.2, 0) is 4.79 Å². The first kappa shape index (κ1) is 17.3. The van der Waals surface area contributed by atoms with Crippen molar-refractivity contribution in [2.75, 3.05) is 0 Å². The molecular formula is C20H18N6O2. The van der Waals surface area contributed by atoms with E-state index in [1.165, 1.54) is 0 Å². The fraction of sp³-hybridized carbons (Fsp3) is 0.0500. The van der Waals surface area contributed by atoms with E-state index in [2.05, 4.69) is 15.2 Å². The fourth-order valence-electron chi connectivity index (χ4n) is 3.07. The van der Waals surface area contributed by atoms with Gasteiger partial charge in [-0.05, 0) is 30.7 Å². The molecule has 0 aliphatic rings. The molecule has 4 aromatic rings. The van der Waals surface area contributed by atoms with Crippen LogP contribution in [-0.4, -0.2) is 21.9 Å². The van der Waals surface area contributed by atoms with E-state index in [-0.39, 0.29) is 17.1 Å². The lowest BCUT2D eigenvalue weighted by Crippen LogP contribution is -2.29. The number of carbonyl (C=O) groups is 1. The Hall–Kier alpha value is -4.07. The summed E-state index contributed by atoms with van der Waals surface area (Å²) in [5.74, 6) is -0.593. The van der Waals surface area contributed by atoms with E-state index in [1.54, 1.807) is 18.3 Å². The van der Waals surface area contributed by atoms with Gasteiger partial charge in [-0.3, -0.25) is 9.89 Å². The Balaban J connectivity index is 1.88. The highest BCUT2D eigenvalue weighted by Gasteiger charge is 2.20. The predicted octanol–water partition coefficient (Wildman–Crippen LogP) is 2.46. The second-order valence-electron chi connectivity index (χ2n) is 6.36. The van der Waals surface area contributed by atoms with Gasteiger partial charge >= 0.3 is 0 Å². The smallest absolute Gasteiger partial charge is 0.254 e. The van der Waals surface area contributed by atoms with Gasteiger partial charge in [0.25, 0.3) is 5.91 Å². The maximum atomic E-state index is 12.1. The third-order valence-electron chi connectivity index (χ3n) is 4.49. The van der Waals surface area contributed by atoms with Gasteiger partial charge in [0.15, 0.2) is 5.76 Å². The number of furan rings is 1. The molecule has 0 unspecified atom stereocenters. The predicted molar refractivity (Wildman–Crippen MR) is 109 cm³/mol. The van der Waals surface area contributed by atoms with Gasteiger partial charge in [-0.1, -0.05) is 24.3 Å². The zero-order chi connectivity index (χ0) is 19.8. The number of carbonyl (C=O) groups excluding carboxylic acids is 1. The van der Waals surface area contributed by atoms with E-state index in [0.29, 0.717) is 17.0 Å². The van der Waals surface area contributed by atoms with Crippen molar-refractivity contribution in [3.8, 4) is 0 Å². The summed E-state index contributed by atoms with van der Waals surface area (Å²) in [4.78, 5) is 16.6. The van der Waals surface area contributed by atoms with Crippen molar-refractivity contribution in [3.63, 3.8) is 0 Å². The number of H-pyrrole nitrogens is 1. The molecule has 0 fully saturated rings. The summed E-state index contributed by atoms with van der Waals surface area (Å²) in [5, 5.41) is 8.51. The number of aryl methyl sites for hydroxylation is 1. The molecule has 7 N–H and O–H groups in total. The van der Waals surface area contributed by atoms with Crippen LogP contribution in [0.3, 0.4) is 0 Å². The zero-order valence-electron chi connectivity index (χ0n) is 15.1. The molecule has 4 rings (SSSR count). The Morgan fingerprint density at radius 3 is 2.68 bits per heavy atom. The SMILES string of the molecule is Cc1ccc2[nH]ncc2c1N=C(N)/C(C(N)=O)=C(\N)c1cc2ccccc2o1. The molecule has 8 heteroatoms. The highest BCUT2D eigenvalue weighted by Crippen LogP contribution is 2.30. The summed E-state index contributed by atoms with van der Waals surface area (Å²) in [6.45, 7) is 1.88. The maximum Gasteiger partial charge on any atom is 0.254 e. The lowest BCUT2D eigenvalue weighted by Gasteiger charge is -2.08. The number of para-hydroxylation sites is 1. The number of aliphatic imine (C=N–C) groups is 1. The maximum absolute atomic E-state index is 12.1. The molecule has 2 heterocycles. The van der Waals surface area contributed by atoms with E-state index in [0.717, 1.165) is 21.9 Å². The zero-order valence-corrected chi connectivity index (χ0v) is 15.1. The molecule has 1 amide bonds. The largest absolute Gasteiger partial charge is 0.455 e. The second-order valence-corrected chi connectivity index (χ2v) is 6.36. The topological polar surface area (TPSA) is 149 Å². The van der Waals surface area contributed by atoms with Gasteiger partial charge in [0.05, 0.1) is 23.1 Å². The summed E-state index contributed by atoms with van der Waals surface area (Å²) >= 11 is 0. The van der Waals surface area contributed by atoms with Crippen LogP contribution < -0.4 is 17.2 Å². The molecule has 0 atom stereocenters. The quantitative estimate of drug-likeness (QED) is 0.246. The van der Waals surface area contributed by atoms with Crippen molar-refractivity contribution in [1.82, 2.24) is 10.2 Å². The number of hydrogen-bond donors (Lipinski definition) is 4. The molecule has 2 aromatic carbocycles. The Morgan fingerprint density at radius 1 is 1.14 bits per heavy atom. The Morgan fingerprint density at radius 2 is 1.93 bits per heavy atom. The van der Waals surface area contributed by atoms with Crippen molar-refractivity contribution in [2.24, 2.45) is 22.2 Å². The number of aromatic nitrogens is 2. The number of primary amides is 1. The van der Waals surface area contributed by atoms with Crippen molar-refractivity contribution in [1.29, 1.82) is 0 Å². The van der Waals surface area contributed by atoms with Crippen LogP contribution >= 0.6 is 0 Å². The van der Waals surface area contributed by atoms with Gasteiger partial charge < -0.3 is 21.6 Å². The first-order valence-electron chi connectivity index (χ1n) is 8.51. The summed E-state index contributed by atoms with van der Waals surface area (Å²) in [5.41, 5.74) is 20.7. The van der Waals surface area contributed by atoms with E-state index in [9.17, 15) is 4.79 Å². The fourth-order valence-corrected chi connectivity index (χ4v) is 3.07. The Bertz CT molecular complexity index is 1250. The highest BCUT2D eigenvalue weighted by atomic mass is 16.3. The van der Waals surface area contributed by atoms with Crippen LogP contribution in [0.2, 0.25) is 0 Å². The molecule has 2 aromatic heterocycles. The Labute approximate surface area is 159 Å². The average Bonchev–Trinajstić information content (AvgIpc) is 3.30. The number of benzene rings is 2. The van der Waals surface area contributed by atoms with Crippen LogP contribution in [0.25, 0.3) is 27.6 Å². The number of amides is 1. The number of nitrogens with zero attached hydrogens (tertiary/aromatic N) is 2. The van der Waals surface area contributed by atoms with E-state index in [4.69, 9.17) is 21.6 Å². The minimum Gasteiger partial charge on any atom is -0.455 e. The lowest BCUT2D eigenvalue weighted by molar-refractivity contribution is -0.114. The van der Waals surface area contributed by atoms with Gasteiger partial charge in [0.2, 0.25) is 0 Å². The molecule has 140 valence electrons. The Kier molecular flexibility index (Phi) is 4.08. The standard InChI is InChI=1S/C20H18N6O2/c1-10-6-7-13-12(9-24-26-13)18(10)25-19(22)16(20(23)27)17(21)15-8-11-4-2-3-5-14(11)28-15/h2-9H,21H2,1H3,(H2,22,25)(H2,23,27)(H,24,26)/b17-16+. The lowest BCUT2D eigenvalue weighted by atomic mass is 10.1. The molecule has 0 aliphatic heterocycles. The number of aromatic amines is 1. The highest BCUT2D eigenvalue weighted by molar-refractivity contribution is 6.25. The second kappa shape index (κ2) is 6.58. The summed E-state index contributed by atoms with van der Waals surface area (Å²) < 4.78 is 5.73. The van der Waals surface area contributed by atoms with Gasteiger partial charge in [-0.25, -0.2) is 4.99 Å². The molecule has 0 spiro atoms. The normalized spacial score (nSPS) is 13.1. The third kappa shape index (κ3) is 2.86. The molecule has 8 nitrogen and oxygen atoms in total. The van der Waals surface area contributed by atoms with Gasteiger partial charge in [-0.2, -0.15) is 5.10 Å². The van der Waals surface area contributed by atoms with Gasteiger partial charge in [0.1, 0.15) is 17.0 Å². The summed E-state index contributed by atoms with van der Waals surface area (Å²) in [6, 6.07) is 12.9. The van der Waals surface area contributed by atoms with E-state index in [1.807, 2.05) is 37.3 Å². The molecule has 0 saturated carbocycles. The van der Waals surface area contributed by atoms with E-state index >= 15 is 0 Å². The van der Waals surface area contributed by atoms with Gasteiger partial charge in [-0.15, -0.1) is 0 Å². The summed E-state index contributed by atoms with van der Waals surface area (Å²) in [6.07, 6.45) is 1.64. The monoisotopic (exact) mass is 374 g/mol. The van der Waals surface area contributed by atoms with Gasteiger partial charge in [0, 0.05) is 10.8 Å². The van der Waals surface area contributed by atoms with Crippen LogP contribution in [0.1, 0.15) is 11.3 Å². The molecule has 0 bridgehead atoms. The van der Waals surface area contributed by atoms with Crippen LogP contribution in [0.4, 0.5) is 5.69 Å². The van der Waals surface area contributed by atoms with Crippen molar-refractivity contribution >= 4 is 45.0 Å². The molecule has 0 radical (unpaired) electrons. The first-order chi connectivity index (χ1) is 13.5. The molecule has 28 heavy (non-hydrogen) atoms. The molecule has 0 saturated heterocycles. The summed E-state index contributed by atoms with van der Waals surface area (Å²) in [7, 11) is 0. The third-order valence-corrected chi connectivity index (χ3v) is 4.49. The number of amidine groups is 1. The van der Waals surface area contributed by atoms with Crippen molar-refractivity contribution in [2.45, 2.75) is 6.92 Å². The minimum absolute atomic E-state index is 0.0296. The number of nitrogens with one attached hydrogen (secondary N) is 1. The number of nitrogens with two attached hydrogens (primary N) is 3. The van der Waals surface area contributed by atoms with Crippen molar-refractivity contribution < 1.29 is 9.21 Å². The first-order valence-corrected chi connectivity index (χ1v) is 8.51. The number of fused-ring (bicyclic) bond motifs is 2. The average molecular weight is 374 g/mol. The molecular weight excluding hydrogens is 356 g/mol. The van der Waals surface area contributed by atoms with Crippen LogP contribution in [0, 0.1) is 6.92 Å². The number of rotatable bonds is 4. The van der Waals surface area contributed by atoms with Crippen LogP contribution in [0.5, 0.6) is 0 Å². The minimum atomic E-state index is -0.795. The van der Waals surface area contributed by atoms with Crippen molar-refractivity contribution in [3.05, 3.63) is 65.6 Å². The van der Waals surface area contributed by atoms with E-state index < -0.39 is 5.91 Å².